The number of carbonyl (C=O) groups is 2. The van der Waals surface area contributed by atoms with Crippen LogP contribution in [0.1, 0.15) is 36.5 Å². The maximum atomic E-state index is 12.7. The van der Waals surface area contributed by atoms with Gasteiger partial charge in [0.2, 0.25) is 0 Å². The minimum atomic E-state index is -0.780. The molecule has 1 saturated heterocycles. The highest BCUT2D eigenvalue weighted by Gasteiger charge is 2.22. The van der Waals surface area contributed by atoms with Gasteiger partial charge in [0.1, 0.15) is 18.1 Å². The molecular formula is C28H28O6. The Morgan fingerprint density at radius 2 is 1.71 bits per heavy atom. The molecule has 176 valence electrons. The zero-order valence-corrected chi connectivity index (χ0v) is 19.1. The molecule has 1 fully saturated rings. The van der Waals surface area contributed by atoms with E-state index in [1.807, 2.05) is 61.5 Å². The second-order valence-corrected chi connectivity index (χ2v) is 8.09. The molecule has 34 heavy (non-hydrogen) atoms. The Morgan fingerprint density at radius 3 is 2.41 bits per heavy atom. The van der Waals surface area contributed by atoms with Crippen LogP contribution in [0.5, 0.6) is 11.5 Å². The number of carbonyl (C=O) groups excluding carboxylic acids is 2. The molecular weight excluding hydrogens is 432 g/mol. The molecule has 0 bridgehead atoms. The van der Waals surface area contributed by atoms with Crippen molar-refractivity contribution in [1.29, 1.82) is 0 Å². The van der Waals surface area contributed by atoms with Crippen molar-refractivity contribution in [3.8, 4) is 22.6 Å². The summed E-state index contributed by atoms with van der Waals surface area (Å²) < 4.78 is 22.2. The van der Waals surface area contributed by atoms with Crippen LogP contribution in [0, 0.1) is 0 Å². The molecule has 1 aliphatic rings. The van der Waals surface area contributed by atoms with E-state index >= 15 is 0 Å². The molecule has 3 aromatic carbocycles. The summed E-state index contributed by atoms with van der Waals surface area (Å²) in [5.74, 6) is -0.164. The lowest BCUT2D eigenvalue weighted by atomic mass is 10.1. The Morgan fingerprint density at radius 1 is 0.941 bits per heavy atom. The van der Waals surface area contributed by atoms with Gasteiger partial charge in [-0.3, -0.25) is 0 Å². The second kappa shape index (κ2) is 11.5. The molecule has 0 aliphatic carbocycles. The molecule has 0 spiro atoms. The Hall–Kier alpha value is -3.64. The normalized spacial score (nSPS) is 16.0. The van der Waals surface area contributed by atoms with Crippen molar-refractivity contribution >= 4 is 11.9 Å². The third-order valence-electron chi connectivity index (χ3n) is 5.59. The number of benzene rings is 3. The summed E-state index contributed by atoms with van der Waals surface area (Å²) in [5.41, 5.74) is 2.48. The molecule has 0 radical (unpaired) electrons. The number of ether oxygens (including phenoxy) is 4. The second-order valence-electron chi connectivity index (χ2n) is 8.09. The van der Waals surface area contributed by atoms with Crippen LogP contribution in [0.3, 0.4) is 0 Å². The fourth-order valence-corrected chi connectivity index (χ4v) is 3.72. The van der Waals surface area contributed by atoms with E-state index in [1.165, 1.54) is 6.07 Å². The monoisotopic (exact) mass is 460 g/mol. The van der Waals surface area contributed by atoms with E-state index < -0.39 is 18.0 Å². The summed E-state index contributed by atoms with van der Waals surface area (Å²) in [7, 11) is 0. The molecule has 0 amide bonds. The van der Waals surface area contributed by atoms with E-state index in [0.29, 0.717) is 24.3 Å². The fraction of sp³-hybridized carbons (Fsp3) is 0.286. The van der Waals surface area contributed by atoms with Crippen molar-refractivity contribution in [3.63, 3.8) is 0 Å². The Bertz CT molecular complexity index is 1090. The molecule has 2 unspecified atom stereocenters. The number of hydrogen-bond acceptors (Lipinski definition) is 6. The predicted octanol–water partition coefficient (Wildman–Crippen LogP) is 5.45. The van der Waals surface area contributed by atoms with E-state index in [0.717, 1.165) is 24.0 Å². The fourth-order valence-electron chi connectivity index (χ4n) is 3.72. The summed E-state index contributed by atoms with van der Waals surface area (Å²) in [5, 5.41) is 0. The number of esters is 2. The third kappa shape index (κ3) is 6.23. The number of hydrogen-bond donors (Lipinski definition) is 0. The summed E-state index contributed by atoms with van der Waals surface area (Å²) >= 11 is 0. The highest BCUT2D eigenvalue weighted by molar-refractivity contribution is 5.90. The first-order chi connectivity index (χ1) is 16.6. The van der Waals surface area contributed by atoms with Crippen LogP contribution >= 0.6 is 0 Å². The Kier molecular flexibility index (Phi) is 7.94. The van der Waals surface area contributed by atoms with Crippen LogP contribution in [-0.2, 0) is 14.3 Å². The van der Waals surface area contributed by atoms with E-state index in [-0.39, 0.29) is 18.5 Å². The zero-order valence-electron chi connectivity index (χ0n) is 19.1. The minimum Gasteiger partial charge on any atom is -0.479 e. The molecule has 1 heterocycles. The first-order valence-electron chi connectivity index (χ1n) is 11.5. The Labute approximate surface area is 199 Å². The summed E-state index contributed by atoms with van der Waals surface area (Å²) in [6.45, 7) is 2.77. The van der Waals surface area contributed by atoms with Gasteiger partial charge in [-0.25, -0.2) is 9.59 Å². The quantitative estimate of drug-likeness (QED) is 0.312. The average molecular weight is 461 g/mol. The molecule has 2 atom stereocenters. The van der Waals surface area contributed by atoms with Crippen molar-refractivity contribution in [1.82, 2.24) is 0 Å². The average Bonchev–Trinajstić information content (AvgIpc) is 3.40. The number of rotatable bonds is 9. The van der Waals surface area contributed by atoms with Gasteiger partial charge in [0.05, 0.1) is 11.7 Å². The standard InChI is InChI=1S/C28H28O6/c1-2-26(33-23-15-13-21(14-16-23)20-8-4-3-5-9-20)28(30)34-24-11-6-10-22(18-24)27(29)32-19-25-12-7-17-31-25/h3-6,8-11,13-16,18,25-26H,2,7,12,17,19H2,1H3. The van der Waals surface area contributed by atoms with Crippen LogP contribution in [0.2, 0.25) is 0 Å². The van der Waals surface area contributed by atoms with Crippen LogP contribution in [0.4, 0.5) is 0 Å². The van der Waals surface area contributed by atoms with Gasteiger partial charge >= 0.3 is 11.9 Å². The van der Waals surface area contributed by atoms with Crippen LogP contribution in [-0.4, -0.2) is 37.4 Å². The highest BCUT2D eigenvalue weighted by atomic mass is 16.6. The largest absolute Gasteiger partial charge is 0.479 e. The van der Waals surface area contributed by atoms with Gasteiger partial charge in [-0.05, 0) is 60.7 Å². The van der Waals surface area contributed by atoms with Crippen LogP contribution in [0.15, 0.2) is 78.9 Å². The van der Waals surface area contributed by atoms with Crippen molar-refractivity contribution in [3.05, 3.63) is 84.4 Å². The van der Waals surface area contributed by atoms with Gasteiger partial charge < -0.3 is 18.9 Å². The summed E-state index contributed by atoms with van der Waals surface area (Å²) in [6, 6.07) is 24.0. The van der Waals surface area contributed by atoms with Crippen molar-refractivity contribution in [2.75, 3.05) is 13.2 Å². The molecule has 0 aromatic heterocycles. The minimum absolute atomic E-state index is 0.0471. The molecule has 4 rings (SSSR count). The maximum Gasteiger partial charge on any atom is 0.352 e. The molecule has 0 saturated carbocycles. The smallest absolute Gasteiger partial charge is 0.352 e. The van der Waals surface area contributed by atoms with Gasteiger partial charge in [0, 0.05) is 6.61 Å². The third-order valence-corrected chi connectivity index (χ3v) is 5.59. The van der Waals surface area contributed by atoms with Gasteiger partial charge in [-0.1, -0.05) is 55.5 Å². The van der Waals surface area contributed by atoms with Gasteiger partial charge in [0.25, 0.3) is 0 Å². The van der Waals surface area contributed by atoms with Crippen molar-refractivity contribution < 1.29 is 28.5 Å². The highest BCUT2D eigenvalue weighted by Crippen LogP contribution is 2.24. The van der Waals surface area contributed by atoms with Gasteiger partial charge in [-0.2, -0.15) is 0 Å². The van der Waals surface area contributed by atoms with E-state index in [2.05, 4.69) is 0 Å². The molecule has 3 aromatic rings. The van der Waals surface area contributed by atoms with E-state index in [4.69, 9.17) is 18.9 Å². The van der Waals surface area contributed by atoms with Crippen LogP contribution < -0.4 is 9.47 Å². The molecule has 6 nitrogen and oxygen atoms in total. The van der Waals surface area contributed by atoms with Crippen molar-refractivity contribution in [2.24, 2.45) is 0 Å². The van der Waals surface area contributed by atoms with Crippen LogP contribution in [0.25, 0.3) is 11.1 Å². The molecule has 1 aliphatic heterocycles. The first kappa shape index (κ1) is 23.5. The molecule has 6 heteroatoms. The summed E-state index contributed by atoms with van der Waals surface area (Å²) in [6.07, 6.45) is 1.47. The van der Waals surface area contributed by atoms with Crippen molar-refractivity contribution in [2.45, 2.75) is 38.4 Å². The lowest BCUT2D eigenvalue weighted by molar-refractivity contribution is -0.142. The van der Waals surface area contributed by atoms with Gasteiger partial charge in [0.15, 0.2) is 6.10 Å². The predicted molar refractivity (Wildman–Crippen MR) is 128 cm³/mol. The summed E-state index contributed by atoms with van der Waals surface area (Å²) in [4.78, 5) is 25.1. The topological polar surface area (TPSA) is 71.1 Å². The Balaban J connectivity index is 1.34. The van der Waals surface area contributed by atoms with E-state index in [9.17, 15) is 9.59 Å². The maximum absolute atomic E-state index is 12.7. The SMILES string of the molecule is CCC(Oc1ccc(-c2ccccc2)cc1)C(=O)Oc1cccc(C(=O)OCC2CCCO2)c1. The lowest BCUT2D eigenvalue weighted by Crippen LogP contribution is -2.30. The zero-order chi connectivity index (χ0) is 23.8. The molecule has 0 N–H and O–H groups in total. The van der Waals surface area contributed by atoms with E-state index in [1.54, 1.807) is 18.2 Å². The lowest BCUT2D eigenvalue weighted by Gasteiger charge is -2.17. The first-order valence-corrected chi connectivity index (χ1v) is 11.5. The van der Waals surface area contributed by atoms with Gasteiger partial charge in [-0.15, -0.1) is 0 Å².